The highest BCUT2D eigenvalue weighted by Gasteiger charge is 2.22. The van der Waals surface area contributed by atoms with Gasteiger partial charge in [-0.15, -0.1) is 0 Å². The van der Waals surface area contributed by atoms with E-state index in [9.17, 15) is 4.79 Å². The summed E-state index contributed by atoms with van der Waals surface area (Å²) >= 11 is 0. The smallest absolute Gasteiger partial charge is 0.234 e. The second-order valence-corrected chi connectivity index (χ2v) is 7.03. The minimum Gasteiger partial charge on any atom is -0.344 e. The molecule has 1 aromatic heterocycles. The Morgan fingerprint density at radius 2 is 1.92 bits per heavy atom. The van der Waals surface area contributed by atoms with E-state index in [0.29, 0.717) is 12.6 Å². The third-order valence-electron chi connectivity index (χ3n) is 5.17. The largest absolute Gasteiger partial charge is 0.344 e. The number of nitrogens with one attached hydrogen (secondary N) is 2. The molecule has 1 aliphatic rings. The van der Waals surface area contributed by atoms with Gasteiger partial charge in [0.25, 0.3) is 0 Å². The van der Waals surface area contributed by atoms with Crippen LogP contribution in [0.5, 0.6) is 0 Å². The predicted octanol–water partition coefficient (Wildman–Crippen LogP) is 2.28. The molecule has 2 heterocycles. The van der Waals surface area contributed by atoms with Crippen LogP contribution in [0.2, 0.25) is 0 Å². The number of benzene rings is 1. The Morgan fingerprint density at radius 1 is 1.23 bits per heavy atom. The zero-order valence-electron chi connectivity index (χ0n) is 15.6. The number of pyridine rings is 1. The second kappa shape index (κ2) is 8.92. The van der Waals surface area contributed by atoms with Crippen molar-refractivity contribution in [1.29, 1.82) is 0 Å². The highest BCUT2D eigenvalue weighted by Crippen LogP contribution is 2.24. The van der Waals surface area contributed by atoms with Crippen LogP contribution in [0, 0.1) is 6.92 Å². The number of aryl methyl sites for hydroxylation is 1. The van der Waals surface area contributed by atoms with E-state index in [1.54, 1.807) is 12.4 Å². The summed E-state index contributed by atoms with van der Waals surface area (Å²) in [5, 5.41) is 6.61. The van der Waals surface area contributed by atoms with Gasteiger partial charge in [-0.1, -0.05) is 24.3 Å². The van der Waals surface area contributed by atoms with Crippen LogP contribution in [0.3, 0.4) is 0 Å². The summed E-state index contributed by atoms with van der Waals surface area (Å²) in [6, 6.07) is 12.4. The summed E-state index contributed by atoms with van der Waals surface area (Å²) in [4.78, 5) is 19.1. The van der Waals surface area contributed by atoms with E-state index in [-0.39, 0.29) is 11.9 Å². The molecule has 0 bridgehead atoms. The standard InChI is InChI=1S/C21H28N4O/c1-16-5-3-4-6-19(16)21(17-7-11-22-12-8-17)24-20(26)15-25(2)18-9-13-23-14-10-18/h3-8,11-12,18,21,23H,9-10,13-15H2,1-2H3,(H,24,26). The summed E-state index contributed by atoms with van der Waals surface area (Å²) in [6.45, 7) is 4.55. The number of hydrogen-bond donors (Lipinski definition) is 2. The quantitative estimate of drug-likeness (QED) is 0.837. The molecule has 5 nitrogen and oxygen atoms in total. The number of amides is 1. The zero-order chi connectivity index (χ0) is 18.4. The number of aromatic nitrogens is 1. The second-order valence-electron chi connectivity index (χ2n) is 7.03. The summed E-state index contributed by atoms with van der Waals surface area (Å²) < 4.78 is 0. The molecule has 5 heteroatoms. The van der Waals surface area contributed by atoms with Crippen LogP contribution < -0.4 is 10.6 Å². The fraction of sp³-hybridized carbons (Fsp3) is 0.429. The highest BCUT2D eigenvalue weighted by molar-refractivity contribution is 5.79. The molecule has 1 fully saturated rings. The molecule has 2 N–H and O–H groups in total. The van der Waals surface area contributed by atoms with E-state index in [1.807, 2.05) is 31.3 Å². The molecule has 3 rings (SSSR count). The lowest BCUT2D eigenvalue weighted by Crippen LogP contribution is -2.46. The van der Waals surface area contributed by atoms with Crippen LogP contribution in [0.4, 0.5) is 0 Å². The van der Waals surface area contributed by atoms with Crippen molar-refractivity contribution in [2.45, 2.75) is 31.8 Å². The average Bonchev–Trinajstić information content (AvgIpc) is 2.68. The SMILES string of the molecule is Cc1ccccc1C(NC(=O)CN(C)C1CCNCC1)c1ccncc1. The minimum atomic E-state index is -0.159. The summed E-state index contributed by atoms with van der Waals surface area (Å²) in [7, 11) is 2.05. The molecule has 26 heavy (non-hydrogen) atoms. The zero-order valence-corrected chi connectivity index (χ0v) is 15.6. The third-order valence-corrected chi connectivity index (χ3v) is 5.17. The van der Waals surface area contributed by atoms with Gasteiger partial charge in [0.05, 0.1) is 12.6 Å². The van der Waals surface area contributed by atoms with E-state index in [4.69, 9.17) is 0 Å². The van der Waals surface area contributed by atoms with Crippen LogP contribution in [0.15, 0.2) is 48.8 Å². The van der Waals surface area contributed by atoms with Gasteiger partial charge in [-0.2, -0.15) is 0 Å². The fourth-order valence-electron chi connectivity index (χ4n) is 3.62. The van der Waals surface area contributed by atoms with Gasteiger partial charge in [-0.3, -0.25) is 14.7 Å². The molecule has 0 spiro atoms. The van der Waals surface area contributed by atoms with Crippen LogP contribution in [0.1, 0.15) is 35.6 Å². The van der Waals surface area contributed by atoms with Crippen LogP contribution in [-0.4, -0.2) is 48.5 Å². The molecule has 0 radical (unpaired) electrons. The summed E-state index contributed by atoms with van der Waals surface area (Å²) in [5.74, 6) is 0.0519. The number of carbonyl (C=O) groups is 1. The molecule has 1 unspecified atom stereocenters. The first-order chi connectivity index (χ1) is 12.6. The normalized spacial score (nSPS) is 16.4. The molecule has 1 amide bonds. The van der Waals surface area contributed by atoms with Crippen molar-refractivity contribution in [1.82, 2.24) is 20.5 Å². The molecule has 138 valence electrons. The third kappa shape index (κ3) is 4.68. The Bertz CT molecular complexity index is 713. The van der Waals surface area contributed by atoms with Crippen LogP contribution in [0.25, 0.3) is 0 Å². The van der Waals surface area contributed by atoms with Gasteiger partial charge in [-0.25, -0.2) is 0 Å². The maximum absolute atomic E-state index is 12.8. The highest BCUT2D eigenvalue weighted by atomic mass is 16.2. The van der Waals surface area contributed by atoms with Crippen molar-refractivity contribution in [3.05, 3.63) is 65.5 Å². The maximum atomic E-state index is 12.8. The molecular weight excluding hydrogens is 324 g/mol. The summed E-state index contributed by atoms with van der Waals surface area (Å²) in [5.41, 5.74) is 3.34. The van der Waals surface area contributed by atoms with Gasteiger partial charge in [0, 0.05) is 18.4 Å². The van der Waals surface area contributed by atoms with E-state index < -0.39 is 0 Å². The van der Waals surface area contributed by atoms with E-state index in [2.05, 4.69) is 39.6 Å². The minimum absolute atomic E-state index is 0.0519. The van der Waals surface area contributed by atoms with Gasteiger partial charge >= 0.3 is 0 Å². The number of nitrogens with zero attached hydrogens (tertiary/aromatic N) is 2. The van der Waals surface area contributed by atoms with Gasteiger partial charge in [0.15, 0.2) is 0 Å². The Labute approximate surface area is 155 Å². The lowest BCUT2D eigenvalue weighted by Gasteiger charge is -2.31. The van der Waals surface area contributed by atoms with E-state index in [0.717, 1.165) is 37.1 Å². The molecule has 1 aromatic carbocycles. The Morgan fingerprint density at radius 3 is 2.62 bits per heavy atom. The predicted molar refractivity (Wildman–Crippen MR) is 104 cm³/mol. The molecule has 2 aromatic rings. The first kappa shape index (κ1) is 18.5. The van der Waals surface area contributed by atoms with E-state index in [1.165, 1.54) is 5.56 Å². The number of piperidine rings is 1. The lowest BCUT2D eigenvalue weighted by molar-refractivity contribution is -0.123. The molecule has 1 saturated heterocycles. The molecule has 0 saturated carbocycles. The number of rotatable bonds is 6. The van der Waals surface area contributed by atoms with Crippen LogP contribution in [-0.2, 0) is 4.79 Å². The van der Waals surface area contributed by atoms with Crippen molar-refractivity contribution in [2.24, 2.45) is 0 Å². The van der Waals surface area contributed by atoms with Gasteiger partial charge in [-0.05, 0) is 68.7 Å². The van der Waals surface area contributed by atoms with Gasteiger partial charge in [0.2, 0.25) is 5.91 Å². The van der Waals surface area contributed by atoms with Crippen molar-refractivity contribution < 1.29 is 4.79 Å². The Balaban J connectivity index is 1.73. The van der Waals surface area contributed by atoms with Gasteiger partial charge < -0.3 is 10.6 Å². The van der Waals surface area contributed by atoms with Gasteiger partial charge in [0.1, 0.15) is 0 Å². The summed E-state index contributed by atoms with van der Waals surface area (Å²) in [6.07, 6.45) is 5.73. The lowest BCUT2D eigenvalue weighted by atomic mass is 9.95. The Hall–Kier alpha value is -2.24. The number of likely N-dealkylation sites (N-methyl/N-ethyl adjacent to an activating group) is 1. The van der Waals surface area contributed by atoms with Crippen molar-refractivity contribution in [2.75, 3.05) is 26.7 Å². The molecule has 1 aliphatic heterocycles. The topological polar surface area (TPSA) is 57.3 Å². The van der Waals surface area contributed by atoms with Crippen molar-refractivity contribution >= 4 is 5.91 Å². The molecule has 0 aliphatic carbocycles. The maximum Gasteiger partial charge on any atom is 0.234 e. The Kier molecular flexibility index (Phi) is 6.36. The first-order valence-electron chi connectivity index (χ1n) is 9.31. The average molecular weight is 352 g/mol. The first-order valence-corrected chi connectivity index (χ1v) is 9.31. The number of carbonyl (C=O) groups excluding carboxylic acids is 1. The van der Waals surface area contributed by atoms with Crippen LogP contribution >= 0.6 is 0 Å². The van der Waals surface area contributed by atoms with E-state index >= 15 is 0 Å². The molecular formula is C21H28N4O. The van der Waals surface area contributed by atoms with Crippen molar-refractivity contribution in [3.8, 4) is 0 Å². The van der Waals surface area contributed by atoms with Crippen molar-refractivity contribution in [3.63, 3.8) is 0 Å². The fourth-order valence-corrected chi connectivity index (χ4v) is 3.62. The number of hydrogen-bond acceptors (Lipinski definition) is 4. The monoisotopic (exact) mass is 352 g/mol. The molecule has 1 atom stereocenters.